The molecule has 8 nitrogen and oxygen atoms in total. The smallest absolute Gasteiger partial charge is 0.306 e. The van der Waals surface area contributed by atoms with Gasteiger partial charge in [-0.3, -0.25) is 24.1 Å². The van der Waals surface area contributed by atoms with Gasteiger partial charge in [-0.1, -0.05) is 38.1 Å². The second-order valence-corrected chi connectivity index (χ2v) is 7.68. The minimum absolute atomic E-state index is 0.0591. The summed E-state index contributed by atoms with van der Waals surface area (Å²) >= 11 is 0. The lowest BCUT2D eigenvalue weighted by molar-refractivity contribution is -0.152. The number of rotatable bonds is 12. The van der Waals surface area contributed by atoms with Gasteiger partial charge in [-0.2, -0.15) is 0 Å². The summed E-state index contributed by atoms with van der Waals surface area (Å²) in [6.07, 6.45) is 1.58. The van der Waals surface area contributed by atoms with Crippen LogP contribution in [0.3, 0.4) is 0 Å². The quantitative estimate of drug-likeness (QED) is 0.314. The summed E-state index contributed by atoms with van der Waals surface area (Å²) in [5, 5.41) is 2.76. The van der Waals surface area contributed by atoms with Crippen LogP contribution in [0.25, 0.3) is 0 Å². The molecule has 1 aromatic rings. The Morgan fingerprint density at radius 1 is 1.10 bits per heavy atom. The van der Waals surface area contributed by atoms with Gasteiger partial charge >= 0.3 is 5.97 Å². The number of imide groups is 1. The summed E-state index contributed by atoms with van der Waals surface area (Å²) in [6, 6.07) is 7.32. The molecule has 0 bridgehead atoms. The molecule has 0 spiro atoms. The number of hydrogen-bond donors (Lipinski definition) is 1. The molecule has 1 fully saturated rings. The summed E-state index contributed by atoms with van der Waals surface area (Å²) in [5.74, 6) is -0.477. The SMILES string of the molecule is CC(C)CC(=O)OCCCOCC(=O)NCc1ccc(CC(=O)N2CCC2=O)cc1. The monoisotopic (exact) mass is 418 g/mol. The van der Waals surface area contributed by atoms with Gasteiger partial charge in [-0.05, 0) is 17.0 Å². The molecule has 1 saturated heterocycles. The summed E-state index contributed by atoms with van der Waals surface area (Å²) in [4.78, 5) is 47.7. The van der Waals surface area contributed by atoms with Crippen molar-refractivity contribution in [3.05, 3.63) is 35.4 Å². The first kappa shape index (κ1) is 23.5. The number of ether oxygens (including phenoxy) is 2. The van der Waals surface area contributed by atoms with E-state index in [9.17, 15) is 19.2 Å². The highest BCUT2D eigenvalue weighted by atomic mass is 16.5. The van der Waals surface area contributed by atoms with Crippen molar-refractivity contribution in [2.24, 2.45) is 5.92 Å². The molecule has 0 radical (unpaired) electrons. The molecule has 0 aliphatic carbocycles. The lowest BCUT2D eigenvalue weighted by atomic mass is 10.1. The van der Waals surface area contributed by atoms with Gasteiger partial charge in [0.2, 0.25) is 17.7 Å². The summed E-state index contributed by atoms with van der Waals surface area (Å²) in [5.41, 5.74) is 1.73. The molecule has 2 rings (SSSR count). The van der Waals surface area contributed by atoms with E-state index in [1.165, 1.54) is 4.90 Å². The number of carbonyl (C=O) groups excluding carboxylic acids is 4. The van der Waals surface area contributed by atoms with E-state index < -0.39 is 0 Å². The van der Waals surface area contributed by atoms with Crippen molar-refractivity contribution in [2.75, 3.05) is 26.4 Å². The van der Waals surface area contributed by atoms with E-state index in [1.807, 2.05) is 38.1 Å². The Labute approximate surface area is 176 Å². The van der Waals surface area contributed by atoms with Crippen molar-refractivity contribution in [2.45, 2.75) is 46.1 Å². The fourth-order valence-electron chi connectivity index (χ4n) is 2.78. The van der Waals surface area contributed by atoms with Crippen LogP contribution in [-0.4, -0.2) is 55.0 Å². The maximum Gasteiger partial charge on any atom is 0.306 e. The van der Waals surface area contributed by atoms with Crippen LogP contribution in [-0.2, 0) is 41.6 Å². The third-order valence-electron chi connectivity index (χ3n) is 4.52. The normalized spacial score (nSPS) is 13.2. The number of amides is 3. The van der Waals surface area contributed by atoms with Crippen LogP contribution in [0.2, 0.25) is 0 Å². The zero-order valence-electron chi connectivity index (χ0n) is 17.6. The average molecular weight is 418 g/mol. The number of benzene rings is 1. The van der Waals surface area contributed by atoms with Gasteiger partial charge in [0.25, 0.3) is 0 Å². The Morgan fingerprint density at radius 2 is 1.80 bits per heavy atom. The Bertz CT molecular complexity index is 744. The highest BCUT2D eigenvalue weighted by Gasteiger charge is 2.29. The highest BCUT2D eigenvalue weighted by molar-refractivity contribution is 6.00. The topological polar surface area (TPSA) is 102 Å². The zero-order chi connectivity index (χ0) is 21.9. The van der Waals surface area contributed by atoms with Crippen molar-refractivity contribution >= 4 is 23.7 Å². The number of carbonyl (C=O) groups is 4. The molecule has 8 heteroatoms. The van der Waals surface area contributed by atoms with Crippen LogP contribution in [0.15, 0.2) is 24.3 Å². The van der Waals surface area contributed by atoms with Gasteiger partial charge in [-0.15, -0.1) is 0 Å². The molecule has 1 aliphatic heterocycles. The summed E-state index contributed by atoms with van der Waals surface area (Å²) in [6.45, 7) is 5.34. The lowest BCUT2D eigenvalue weighted by Gasteiger charge is -2.28. The fourth-order valence-corrected chi connectivity index (χ4v) is 2.78. The van der Waals surface area contributed by atoms with Crippen LogP contribution < -0.4 is 5.32 Å². The molecular formula is C22H30N2O6. The van der Waals surface area contributed by atoms with Crippen molar-refractivity contribution < 1.29 is 28.7 Å². The predicted molar refractivity (Wildman–Crippen MR) is 109 cm³/mol. The molecule has 0 atom stereocenters. The van der Waals surface area contributed by atoms with E-state index in [-0.39, 0.29) is 49.2 Å². The largest absolute Gasteiger partial charge is 0.466 e. The van der Waals surface area contributed by atoms with Gasteiger partial charge in [0.1, 0.15) is 6.61 Å². The number of β-lactam (4-membered cyclic amide) rings is 1. The van der Waals surface area contributed by atoms with Crippen LogP contribution in [0.5, 0.6) is 0 Å². The molecule has 30 heavy (non-hydrogen) atoms. The molecule has 164 valence electrons. The number of likely N-dealkylation sites (tertiary alicyclic amines) is 1. The minimum Gasteiger partial charge on any atom is -0.466 e. The maximum atomic E-state index is 12.0. The van der Waals surface area contributed by atoms with Crippen molar-refractivity contribution in [3.8, 4) is 0 Å². The maximum absolute atomic E-state index is 12.0. The second kappa shape index (κ2) is 12.1. The molecule has 0 aromatic heterocycles. The van der Waals surface area contributed by atoms with Gasteiger partial charge in [0, 0.05) is 32.4 Å². The highest BCUT2D eigenvalue weighted by Crippen LogP contribution is 2.12. The Hall–Kier alpha value is -2.74. The van der Waals surface area contributed by atoms with Crippen molar-refractivity contribution in [3.63, 3.8) is 0 Å². The number of nitrogens with zero attached hydrogens (tertiary/aromatic N) is 1. The molecule has 0 saturated carbocycles. The molecular weight excluding hydrogens is 388 g/mol. The van der Waals surface area contributed by atoms with Crippen LogP contribution >= 0.6 is 0 Å². The van der Waals surface area contributed by atoms with E-state index in [0.717, 1.165) is 11.1 Å². The summed E-state index contributed by atoms with van der Waals surface area (Å²) in [7, 11) is 0. The van der Waals surface area contributed by atoms with Crippen molar-refractivity contribution in [1.82, 2.24) is 10.2 Å². The fraction of sp³-hybridized carbons (Fsp3) is 0.545. The van der Waals surface area contributed by atoms with Crippen LogP contribution in [0.4, 0.5) is 0 Å². The van der Waals surface area contributed by atoms with Crippen molar-refractivity contribution in [1.29, 1.82) is 0 Å². The Morgan fingerprint density at radius 3 is 2.40 bits per heavy atom. The minimum atomic E-state index is -0.234. The first-order valence-electron chi connectivity index (χ1n) is 10.3. The number of nitrogens with one attached hydrogen (secondary N) is 1. The van der Waals surface area contributed by atoms with Gasteiger partial charge in [0.05, 0.1) is 19.6 Å². The summed E-state index contributed by atoms with van der Waals surface area (Å²) < 4.78 is 10.4. The Balaban J connectivity index is 1.55. The van der Waals surface area contributed by atoms with E-state index in [1.54, 1.807) is 0 Å². The van der Waals surface area contributed by atoms with Gasteiger partial charge < -0.3 is 14.8 Å². The van der Waals surface area contributed by atoms with Gasteiger partial charge in [-0.25, -0.2) is 0 Å². The van der Waals surface area contributed by atoms with Gasteiger partial charge in [0.15, 0.2) is 0 Å². The molecule has 1 aliphatic rings. The molecule has 0 unspecified atom stereocenters. The van der Waals surface area contributed by atoms with E-state index in [4.69, 9.17) is 9.47 Å². The zero-order valence-corrected chi connectivity index (χ0v) is 17.6. The van der Waals surface area contributed by atoms with E-state index in [0.29, 0.717) is 39.0 Å². The first-order valence-corrected chi connectivity index (χ1v) is 10.3. The third kappa shape index (κ3) is 8.32. The molecule has 3 amide bonds. The molecule has 1 N–H and O–H groups in total. The second-order valence-electron chi connectivity index (χ2n) is 7.68. The van der Waals surface area contributed by atoms with Crippen LogP contribution in [0, 0.1) is 5.92 Å². The van der Waals surface area contributed by atoms with Crippen LogP contribution in [0.1, 0.15) is 44.2 Å². The predicted octanol–water partition coefficient (Wildman–Crippen LogP) is 1.60. The average Bonchev–Trinajstić information content (AvgIpc) is 2.68. The molecule has 1 aromatic carbocycles. The number of esters is 1. The first-order chi connectivity index (χ1) is 14.3. The van der Waals surface area contributed by atoms with E-state index in [2.05, 4.69) is 5.32 Å². The third-order valence-corrected chi connectivity index (χ3v) is 4.52. The Kier molecular flexibility index (Phi) is 9.47. The van der Waals surface area contributed by atoms with E-state index >= 15 is 0 Å². The molecule has 1 heterocycles. The lowest BCUT2D eigenvalue weighted by Crippen LogP contribution is -2.48. The number of hydrogen-bond acceptors (Lipinski definition) is 6. The standard InChI is InChI=1S/C22H30N2O6/c1-16(2)12-22(28)30-11-3-10-29-15-19(25)23-14-18-6-4-17(5-7-18)13-21(27)24-9-8-20(24)26/h4-7,16H,3,8-15H2,1-2H3,(H,23,25).